The van der Waals surface area contributed by atoms with Gasteiger partial charge < -0.3 is 5.11 Å². The lowest BCUT2D eigenvalue weighted by Gasteiger charge is -2.30. The van der Waals surface area contributed by atoms with Crippen molar-refractivity contribution in [3.05, 3.63) is 81.4 Å². The first-order valence-electron chi connectivity index (χ1n) is 8.44. The lowest BCUT2D eigenvalue weighted by atomic mass is 9.78. The van der Waals surface area contributed by atoms with Crippen molar-refractivity contribution in [2.24, 2.45) is 5.92 Å². The molecule has 9 heteroatoms. The molecule has 2 aromatic rings. The van der Waals surface area contributed by atoms with Gasteiger partial charge >= 0.3 is 12.4 Å². The number of aliphatic hydroxyl groups is 1. The second kappa shape index (κ2) is 7.85. The molecule has 0 fully saturated rings. The molecule has 0 amide bonds. The van der Waals surface area contributed by atoms with E-state index in [1.807, 2.05) is 0 Å². The highest BCUT2D eigenvalue weighted by Gasteiger charge is 2.53. The van der Waals surface area contributed by atoms with Crippen molar-refractivity contribution >= 4 is 23.2 Å². The summed E-state index contributed by atoms with van der Waals surface area (Å²) in [5.41, 5.74) is 0.974. The van der Waals surface area contributed by atoms with E-state index in [1.54, 1.807) is 0 Å². The first-order valence-corrected chi connectivity index (χ1v) is 9.20. The van der Waals surface area contributed by atoms with Crippen LogP contribution < -0.4 is 0 Å². The molecular weight excluding hydrogens is 441 g/mol. The second-order valence-corrected chi connectivity index (χ2v) is 7.67. The van der Waals surface area contributed by atoms with Crippen LogP contribution in [0.5, 0.6) is 0 Å². The van der Waals surface area contributed by atoms with Crippen LogP contribution >= 0.6 is 23.2 Å². The molecule has 0 saturated heterocycles. The zero-order valence-electron chi connectivity index (χ0n) is 14.5. The van der Waals surface area contributed by atoms with E-state index in [-0.39, 0.29) is 16.7 Å². The quantitative estimate of drug-likeness (QED) is 0.395. The Labute approximate surface area is 172 Å². The van der Waals surface area contributed by atoms with E-state index in [2.05, 4.69) is 0 Å². The minimum absolute atomic E-state index is 0.101. The Morgan fingerprint density at radius 3 is 2.00 bits per heavy atom. The summed E-state index contributed by atoms with van der Waals surface area (Å²) in [7, 11) is 0. The van der Waals surface area contributed by atoms with E-state index in [9.17, 15) is 31.4 Å². The van der Waals surface area contributed by atoms with E-state index < -0.39 is 36.2 Å². The Morgan fingerprint density at radius 2 is 1.45 bits per heavy atom. The summed E-state index contributed by atoms with van der Waals surface area (Å²) in [6.07, 6.45) is -12.0. The maximum atomic E-state index is 13.5. The van der Waals surface area contributed by atoms with Crippen LogP contribution in [0, 0.1) is 5.92 Å². The van der Waals surface area contributed by atoms with Crippen LogP contribution in [-0.4, -0.2) is 23.6 Å². The monoisotopic (exact) mass is 454 g/mol. The molecule has 0 aliphatic heterocycles. The molecule has 0 aromatic heterocycles. The summed E-state index contributed by atoms with van der Waals surface area (Å²) in [6.45, 7) is 0. The Balaban J connectivity index is 2.21. The van der Waals surface area contributed by atoms with E-state index >= 15 is 0 Å². The van der Waals surface area contributed by atoms with Gasteiger partial charge in [0.2, 0.25) is 0 Å². The Bertz CT molecular complexity index is 905. The standard InChI is InChI=1S/C20H14Cl2F6O/c21-11-3-1-10(2-4-11)16-15-9-12(22)5-6-13(15)14(7-8-19(23,24)25)17(16)18(29)20(26,27)28/h1-9,14,16-18,29H/b8-7+/t14-,16+,17+,18+/m0/s1. The van der Waals surface area contributed by atoms with Crippen molar-refractivity contribution in [1.29, 1.82) is 0 Å². The van der Waals surface area contributed by atoms with Crippen LogP contribution in [0.1, 0.15) is 28.5 Å². The molecule has 1 nitrogen and oxygen atoms in total. The average Bonchev–Trinajstić information content (AvgIpc) is 2.91. The fourth-order valence-electron chi connectivity index (χ4n) is 3.85. The molecule has 4 atom stereocenters. The normalized spacial score (nSPS) is 23.4. The number of fused-ring (bicyclic) bond motifs is 1. The molecule has 0 spiro atoms. The maximum Gasteiger partial charge on any atom is 0.414 e. The molecule has 3 rings (SSSR count). The number of allylic oxidation sites excluding steroid dienone is 2. The van der Waals surface area contributed by atoms with Crippen molar-refractivity contribution in [3.63, 3.8) is 0 Å². The van der Waals surface area contributed by atoms with E-state index in [4.69, 9.17) is 23.2 Å². The largest absolute Gasteiger partial charge is 0.414 e. The second-order valence-electron chi connectivity index (χ2n) is 6.79. The summed E-state index contributed by atoms with van der Waals surface area (Å²) in [5, 5.41) is 10.7. The first-order chi connectivity index (χ1) is 13.4. The fourth-order valence-corrected chi connectivity index (χ4v) is 4.16. The zero-order chi connectivity index (χ0) is 21.6. The third-order valence-electron chi connectivity index (χ3n) is 4.96. The number of hydrogen-bond acceptors (Lipinski definition) is 1. The molecule has 1 aliphatic carbocycles. The van der Waals surface area contributed by atoms with Crippen LogP contribution in [0.25, 0.3) is 0 Å². The lowest BCUT2D eigenvalue weighted by molar-refractivity contribution is -0.221. The van der Waals surface area contributed by atoms with Gasteiger partial charge in [-0.15, -0.1) is 0 Å². The highest BCUT2D eigenvalue weighted by molar-refractivity contribution is 6.31. The summed E-state index contributed by atoms with van der Waals surface area (Å²) in [5.74, 6) is -3.95. The minimum atomic E-state index is -5.02. The maximum absolute atomic E-state index is 13.5. The van der Waals surface area contributed by atoms with Gasteiger partial charge in [-0.05, 0) is 41.0 Å². The molecule has 156 valence electrons. The number of rotatable bonds is 3. The molecule has 0 unspecified atom stereocenters. The van der Waals surface area contributed by atoms with Crippen LogP contribution in [0.3, 0.4) is 0 Å². The van der Waals surface area contributed by atoms with Crippen molar-refractivity contribution < 1.29 is 31.4 Å². The molecule has 0 bridgehead atoms. The highest BCUT2D eigenvalue weighted by atomic mass is 35.5. The van der Waals surface area contributed by atoms with Gasteiger partial charge in [0.1, 0.15) is 0 Å². The van der Waals surface area contributed by atoms with Gasteiger partial charge in [-0.1, -0.05) is 47.5 Å². The van der Waals surface area contributed by atoms with Crippen LogP contribution in [0.4, 0.5) is 26.3 Å². The smallest absolute Gasteiger partial charge is 0.383 e. The SMILES string of the molecule is O[C@H]([C@H]1[C@H](c2ccc(Cl)cc2)c2cc(Cl)ccc2[C@@H]1/C=C/C(F)(F)F)C(F)(F)F. The van der Waals surface area contributed by atoms with Gasteiger partial charge in [0, 0.05) is 33.9 Å². The van der Waals surface area contributed by atoms with Crippen molar-refractivity contribution in [1.82, 2.24) is 0 Å². The Kier molecular flexibility index (Phi) is 5.96. The van der Waals surface area contributed by atoms with Gasteiger partial charge in [-0.25, -0.2) is 0 Å². The van der Waals surface area contributed by atoms with Gasteiger partial charge in [-0.2, -0.15) is 26.3 Å². The summed E-state index contributed by atoms with van der Waals surface area (Å²) in [4.78, 5) is 0. The van der Waals surface area contributed by atoms with Gasteiger partial charge in [0.15, 0.2) is 6.10 Å². The summed E-state index contributed by atoms with van der Waals surface area (Å²) >= 11 is 11.9. The molecule has 1 N–H and O–H groups in total. The zero-order valence-corrected chi connectivity index (χ0v) is 16.0. The van der Waals surface area contributed by atoms with E-state index in [1.165, 1.54) is 42.5 Å². The van der Waals surface area contributed by atoms with Gasteiger partial charge in [-0.3, -0.25) is 0 Å². The molecular formula is C20H14Cl2F6O. The summed E-state index contributed by atoms with van der Waals surface area (Å²) in [6, 6.07) is 10.1. The Hall–Kier alpha value is -1.70. The number of hydrogen-bond donors (Lipinski definition) is 1. The minimum Gasteiger partial charge on any atom is -0.383 e. The molecule has 1 aliphatic rings. The van der Waals surface area contributed by atoms with Gasteiger partial charge in [0.05, 0.1) is 0 Å². The van der Waals surface area contributed by atoms with Crippen LogP contribution in [-0.2, 0) is 0 Å². The lowest BCUT2D eigenvalue weighted by Crippen LogP contribution is -2.39. The van der Waals surface area contributed by atoms with Crippen molar-refractivity contribution in [2.75, 3.05) is 0 Å². The third-order valence-corrected chi connectivity index (χ3v) is 5.45. The van der Waals surface area contributed by atoms with Crippen LogP contribution in [0.2, 0.25) is 10.0 Å². The predicted molar refractivity (Wildman–Crippen MR) is 98.2 cm³/mol. The van der Waals surface area contributed by atoms with Crippen molar-refractivity contribution in [3.8, 4) is 0 Å². The van der Waals surface area contributed by atoms with Crippen LogP contribution in [0.15, 0.2) is 54.6 Å². The fraction of sp³-hybridized carbons (Fsp3) is 0.300. The average molecular weight is 455 g/mol. The molecule has 2 aromatic carbocycles. The number of alkyl halides is 6. The van der Waals surface area contributed by atoms with E-state index in [0.29, 0.717) is 22.2 Å². The topological polar surface area (TPSA) is 20.2 Å². The molecule has 0 saturated carbocycles. The summed E-state index contributed by atoms with van der Waals surface area (Å²) < 4.78 is 78.7. The van der Waals surface area contributed by atoms with Gasteiger partial charge in [0.25, 0.3) is 0 Å². The van der Waals surface area contributed by atoms with E-state index in [0.717, 1.165) is 0 Å². The third kappa shape index (κ3) is 4.73. The Morgan fingerprint density at radius 1 is 0.862 bits per heavy atom. The molecule has 0 heterocycles. The van der Waals surface area contributed by atoms with Crippen molar-refractivity contribution in [2.45, 2.75) is 30.3 Å². The predicted octanol–water partition coefficient (Wildman–Crippen LogP) is 6.88. The highest BCUT2D eigenvalue weighted by Crippen LogP contribution is 2.54. The number of halogens is 8. The number of aliphatic hydroxyl groups excluding tert-OH is 1. The number of benzene rings is 2. The first kappa shape index (κ1) is 22.0. The molecule has 0 radical (unpaired) electrons. The molecule has 29 heavy (non-hydrogen) atoms.